The normalized spacial score (nSPS) is 15.1. The third kappa shape index (κ3) is 5.04. The second-order valence-electron chi connectivity index (χ2n) is 6.24. The van der Waals surface area contributed by atoms with Crippen LogP contribution in [0.2, 0.25) is 0 Å². The molecule has 1 N–H and O–H groups in total. The van der Waals surface area contributed by atoms with Gasteiger partial charge < -0.3 is 19.7 Å². The molecular formula is C20H23N3O4. The van der Waals surface area contributed by atoms with Crippen LogP contribution in [0.4, 0.5) is 5.82 Å². The highest BCUT2D eigenvalue weighted by Crippen LogP contribution is 2.13. The Morgan fingerprint density at radius 2 is 1.93 bits per heavy atom. The van der Waals surface area contributed by atoms with Crippen molar-refractivity contribution in [2.45, 2.75) is 12.5 Å². The number of pyridine rings is 1. The number of morpholine rings is 1. The summed E-state index contributed by atoms with van der Waals surface area (Å²) in [5.74, 6) is -0.0314. The van der Waals surface area contributed by atoms with Gasteiger partial charge in [-0.1, -0.05) is 30.3 Å². The number of ether oxygens (including phenoxy) is 2. The third-order valence-electron chi connectivity index (χ3n) is 4.42. The van der Waals surface area contributed by atoms with Crippen LogP contribution in [-0.2, 0) is 20.7 Å². The highest BCUT2D eigenvalue weighted by Gasteiger charge is 2.23. The van der Waals surface area contributed by atoms with Crippen LogP contribution >= 0.6 is 0 Å². The molecule has 0 spiro atoms. The zero-order valence-electron chi connectivity index (χ0n) is 15.3. The molecule has 1 saturated heterocycles. The Labute approximate surface area is 158 Å². The minimum atomic E-state index is -0.760. The molecule has 7 heteroatoms. The Morgan fingerprint density at radius 3 is 2.56 bits per heavy atom. The molecule has 2 aromatic rings. The van der Waals surface area contributed by atoms with E-state index in [1.807, 2.05) is 36.4 Å². The van der Waals surface area contributed by atoms with E-state index in [0.29, 0.717) is 25.2 Å². The van der Waals surface area contributed by atoms with E-state index in [1.165, 1.54) is 13.3 Å². The van der Waals surface area contributed by atoms with Crippen LogP contribution < -0.4 is 10.2 Å². The van der Waals surface area contributed by atoms with Gasteiger partial charge in [-0.3, -0.25) is 4.79 Å². The second-order valence-corrected chi connectivity index (χ2v) is 6.24. The third-order valence-corrected chi connectivity index (χ3v) is 4.42. The Hall–Kier alpha value is -2.93. The molecule has 0 saturated carbocycles. The molecule has 0 radical (unpaired) electrons. The van der Waals surface area contributed by atoms with Crippen LogP contribution in [0, 0.1) is 0 Å². The summed E-state index contributed by atoms with van der Waals surface area (Å²) in [5, 5.41) is 2.74. The largest absolute Gasteiger partial charge is 0.467 e. The predicted molar refractivity (Wildman–Crippen MR) is 101 cm³/mol. The van der Waals surface area contributed by atoms with E-state index in [9.17, 15) is 9.59 Å². The quantitative estimate of drug-likeness (QED) is 0.776. The van der Waals surface area contributed by atoms with Crippen LogP contribution in [0.15, 0.2) is 48.7 Å². The molecule has 0 bridgehead atoms. The molecule has 7 nitrogen and oxygen atoms in total. The lowest BCUT2D eigenvalue weighted by atomic mass is 10.1. The molecule has 3 rings (SSSR count). The molecule has 2 heterocycles. The number of methoxy groups -OCH3 is 1. The first-order valence-corrected chi connectivity index (χ1v) is 8.89. The van der Waals surface area contributed by atoms with Crippen LogP contribution in [0.25, 0.3) is 0 Å². The summed E-state index contributed by atoms with van der Waals surface area (Å²) in [4.78, 5) is 31.1. The van der Waals surface area contributed by atoms with Gasteiger partial charge in [-0.15, -0.1) is 0 Å². The van der Waals surface area contributed by atoms with Crippen molar-refractivity contribution in [1.29, 1.82) is 0 Å². The number of hydrogen-bond acceptors (Lipinski definition) is 6. The fraction of sp³-hybridized carbons (Fsp3) is 0.350. The van der Waals surface area contributed by atoms with Gasteiger partial charge in [0.1, 0.15) is 11.9 Å². The van der Waals surface area contributed by atoms with Crippen LogP contribution in [-0.4, -0.2) is 56.3 Å². The molecule has 1 fully saturated rings. The maximum atomic E-state index is 12.6. The van der Waals surface area contributed by atoms with E-state index < -0.39 is 12.0 Å². The maximum absolute atomic E-state index is 12.6. The number of aromatic nitrogens is 1. The average molecular weight is 369 g/mol. The number of hydrogen-bond donors (Lipinski definition) is 1. The van der Waals surface area contributed by atoms with Gasteiger partial charge in [0.25, 0.3) is 5.91 Å². The number of benzene rings is 1. The Bertz CT molecular complexity index is 759. The first kappa shape index (κ1) is 18.8. The minimum absolute atomic E-state index is 0.359. The van der Waals surface area contributed by atoms with Crippen molar-refractivity contribution in [2.75, 3.05) is 38.3 Å². The first-order valence-electron chi connectivity index (χ1n) is 8.89. The zero-order chi connectivity index (χ0) is 19.1. The number of nitrogens with one attached hydrogen (secondary N) is 1. The van der Waals surface area contributed by atoms with E-state index in [4.69, 9.17) is 9.47 Å². The second kappa shape index (κ2) is 9.14. The topological polar surface area (TPSA) is 80.8 Å². The summed E-state index contributed by atoms with van der Waals surface area (Å²) < 4.78 is 10.2. The predicted octanol–water partition coefficient (Wildman–Crippen LogP) is 1.43. The molecule has 1 aliphatic rings. The van der Waals surface area contributed by atoms with Gasteiger partial charge >= 0.3 is 5.97 Å². The molecule has 1 aromatic heterocycles. The lowest BCUT2D eigenvalue weighted by Gasteiger charge is -2.27. The fourth-order valence-electron chi connectivity index (χ4n) is 2.93. The number of carbonyl (C=O) groups is 2. The van der Waals surface area contributed by atoms with Crippen LogP contribution in [0.1, 0.15) is 15.9 Å². The van der Waals surface area contributed by atoms with Gasteiger partial charge in [0, 0.05) is 25.7 Å². The number of nitrogens with zero attached hydrogens (tertiary/aromatic N) is 2. The summed E-state index contributed by atoms with van der Waals surface area (Å²) in [6.45, 7) is 2.90. The molecule has 142 valence electrons. The fourth-order valence-corrected chi connectivity index (χ4v) is 2.93. The standard InChI is InChI=1S/C20H23N3O4/c1-26-20(25)17(13-15-5-3-2-4-6-15)22-19(24)16-7-8-18(21-14-16)23-9-11-27-12-10-23/h2-8,14,17H,9-13H2,1H3,(H,22,24)/t17-/m0/s1. The minimum Gasteiger partial charge on any atom is -0.467 e. The zero-order valence-corrected chi connectivity index (χ0v) is 15.3. The number of amides is 1. The maximum Gasteiger partial charge on any atom is 0.328 e. The Balaban J connectivity index is 1.66. The van der Waals surface area contributed by atoms with E-state index in [2.05, 4.69) is 15.2 Å². The highest BCUT2D eigenvalue weighted by molar-refractivity contribution is 5.96. The van der Waals surface area contributed by atoms with E-state index in [-0.39, 0.29) is 5.91 Å². The summed E-state index contributed by atoms with van der Waals surface area (Å²) in [5.41, 5.74) is 1.34. The van der Waals surface area contributed by atoms with Gasteiger partial charge in [-0.2, -0.15) is 0 Å². The smallest absolute Gasteiger partial charge is 0.328 e. The average Bonchev–Trinajstić information content (AvgIpc) is 2.74. The Kier molecular flexibility index (Phi) is 6.38. The molecule has 1 atom stereocenters. The SMILES string of the molecule is COC(=O)[C@H](Cc1ccccc1)NC(=O)c1ccc(N2CCOCC2)nc1. The highest BCUT2D eigenvalue weighted by atomic mass is 16.5. The monoisotopic (exact) mass is 369 g/mol. The van der Waals surface area contributed by atoms with Crippen LogP contribution in [0.5, 0.6) is 0 Å². The summed E-state index contributed by atoms with van der Waals surface area (Å²) in [7, 11) is 1.31. The van der Waals surface area contributed by atoms with Gasteiger partial charge in [-0.25, -0.2) is 9.78 Å². The molecule has 1 amide bonds. The number of carbonyl (C=O) groups excluding carboxylic acids is 2. The van der Waals surface area contributed by atoms with Crippen molar-refractivity contribution in [3.05, 3.63) is 59.8 Å². The van der Waals surface area contributed by atoms with Gasteiger partial charge in [0.2, 0.25) is 0 Å². The van der Waals surface area contributed by atoms with Crippen molar-refractivity contribution < 1.29 is 19.1 Å². The first-order chi connectivity index (χ1) is 13.2. The summed E-state index contributed by atoms with van der Waals surface area (Å²) >= 11 is 0. The van der Waals surface area contributed by atoms with E-state index in [1.54, 1.807) is 6.07 Å². The summed E-state index contributed by atoms with van der Waals surface area (Å²) in [6.07, 6.45) is 1.88. The van der Waals surface area contributed by atoms with Crippen molar-refractivity contribution in [3.8, 4) is 0 Å². The van der Waals surface area contributed by atoms with Crippen molar-refractivity contribution >= 4 is 17.7 Å². The molecule has 1 aliphatic heterocycles. The van der Waals surface area contributed by atoms with Crippen molar-refractivity contribution in [3.63, 3.8) is 0 Å². The van der Waals surface area contributed by atoms with Crippen molar-refractivity contribution in [1.82, 2.24) is 10.3 Å². The van der Waals surface area contributed by atoms with Crippen molar-refractivity contribution in [2.24, 2.45) is 0 Å². The lowest BCUT2D eigenvalue weighted by molar-refractivity contribution is -0.142. The number of anilines is 1. The molecule has 1 aromatic carbocycles. The summed E-state index contributed by atoms with van der Waals surface area (Å²) in [6, 6.07) is 12.2. The van der Waals surface area contributed by atoms with Gasteiger partial charge in [-0.05, 0) is 17.7 Å². The van der Waals surface area contributed by atoms with Crippen LogP contribution in [0.3, 0.4) is 0 Å². The van der Waals surface area contributed by atoms with E-state index in [0.717, 1.165) is 24.5 Å². The van der Waals surface area contributed by atoms with Gasteiger partial charge in [0.05, 0.1) is 25.9 Å². The van der Waals surface area contributed by atoms with Gasteiger partial charge in [0.15, 0.2) is 0 Å². The molecule has 0 aliphatic carbocycles. The van der Waals surface area contributed by atoms with E-state index >= 15 is 0 Å². The number of rotatable bonds is 6. The number of esters is 1. The molecular weight excluding hydrogens is 346 g/mol. The Morgan fingerprint density at radius 1 is 1.19 bits per heavy atom. The lowest BCUT2D eigenvalue weighted by Crippen LogP contribution is -2.43. The molecule has 0 unspecified atom stereocenters. The molecule has 27 heavy (non-hydrogen) atoms.